The fraction of sp³-hybridized carbons (Fsp3) is 0.697. The highest BCUT2D eigenvalue weighted by molar-refractivity contribution is 5.86. The van der Waals surface area contributed by atoms with Crippen molar-refractivity contribution in [1.29, 1.82) is 0 Å². The molecule has 404 valence electrons. The number of ether oxygens (including phenoxy) is 2. The minimum Gasteiger partial charge on any atom is -0.454 e. The molecular formula is C66H81NO9. The lowest BCUT2D eigenvalue weighted by Crippen LogP contribution is -2.87. The molecule has 10 heteroatoms. The van der Waals surface area contributed by atoms with E-state index >= 15 is 9.90 Å². The van der Waals surface area contributed by atoms with E-state index in [4.69, 9.17) is 9.47 Å². The van der Waals surface area contributed by atoms with Crippen LogP contribution < -0.4 is 5.32 Å². The molecule has 10 nitrogen and oxygen atoms in total. The quantitative estimate of drug-likeness (QED) is 0.0564. The molecule has 10 fully saturated rings. The molecule has 2 aromatic rings. The number of allylic oxidation sites excluding steroid dienone is 2. The summed E-state index contributed by atoms with van der Waals surface area (Å²) < 4.78 is 13.7. The largest absolute Gasteiger partial charge is 0.454 e. The van der Waals surface area contributed by atoms with Crippen molar-refractivity contribution in [3.8, 4) is 11.8 Å². The number of fused-ring (bicyclic) bond motifs is 10. The number of benzene rings is 2. The zero-order valence-electron chi connectivity index (χ0n) is 44.3. The number of aliphatic hydroxyl groups excluding tert-OH is 2. The Labute approximate surface area is 449 Å². The summed E-state index contributed by atoms with van der Waals surface area (Å²) in [6.45, 7) is 0.346. The number of aliphatic hydroxyl groups is 5. The van der Waals surface area contributed by atoms with Crippen molar-refractivity contribution in [1.82, 2.24) is 5.32 Å². The second-order valence-electron chi connectivity index (χ2n) is 27.8. The third-order valence-electron chi connectivity index (χ3n) is 26.0. The average molecular weight is 1030 g/mol. The topological polar surface area (TPSA) is 166 Å². The molecule has 23 atom stereocenters. The Balaban J connectivity index is 0.916. The van der Waals surface area contributed by atoms with Crippen molar-refractivity contribution in [3.63, 3.8) is 0 Å². The van der Waals surface area contributed by atoms with Crippen molar-refractivity contribution in [2.45, 2.75) is 175 Å². The summed E-state index contributed by atoms with van der Waals surface area (Å²) in [6.07, 6.45) is 20.4. The smallest absolute Gasteiger partial charge is 0.331 e. The van der Waals surface area contributed by atoms with Gasteiger partial charge in [0.2, 0.25) is 0 Å². The molecule has 2 heterocycles. The van der Waals surface area contributed by atoms with Gasteiger partial charge in [0, 0.05) is 65.2 Å². The van der Waals surface area contributed by atoms with E-state index in [0.29, 0.717) is 88.1 Å². The van der Waals surface area contributed by atoms with Crippen LogP contribution in [0.2, 0.25) is 0 Å². The van der Waals surface area contributed by atoms with Crippen molar-refractivity contribution >= 4 is 12.3 Å². The first kappa shape index (κ1) is 49.4. The maximum absolute atomic E-state index is 15.7. The second kappa shape index (κ2) is 17.7. The van der Waals surface area contributed by atoms with Crippen LogP contribution in [0.15, 0.2) is 78.4 Å². The molecule has 0 unspecified atom stereocenters. The minimum absolute atomic E-state index is 0.123. The molecule has 2 aliphatic heterocycles. The zero-order valence-corrected chi connectivity index (χ0v) is 44.3. The van der Waals surface area contributed by atoms with Gasteiger partial charge in [0.05, 0.1) is 30.0 Å². The van der Waals surface area contributed by atoms with Crippen LogP contribution in [0.3, 0.4) is 0 Å². The van der Waals surface area contributed by atoms with Gasteiger partial charge >= 0.3 is 5.97 Å². The van der Waals surface area contributed by atoms with E-state index in [2.05, 4.69) is 65.7 Å². The first-order valence-electron chi connectivity index (χ1n) is 30.4. The van der Waals surface area contributed by atoms with Crippen molar-refractivity contribution < 1.29 is 44.6 Å². The first-order valence-corrected chi connectivity index (χ1v) is 30.4. The molecule has 1 saturated heterocycles. The Morgan fingerprint density at radius 2 is 1.63 bits per heavy atom. The molecule has 15 rings (SSSR count). The normalized spacial score (nSPS) is 51.3. The van der Waals surface area contributed by atoms with Crippen LogP contribution in [0.5, 0.6) is 0 Å². The average Bonchev–Trinajstić information content (AvgIpc) is 4.29. The van der Waals surface area contributed by atoms with Crippen molar-refractivity contribution in [3.05, 3.63) is 95.1 Å². The van der Waals surface area contributed by atoms with Crippen LogP contribution in [0.25, 0.3) is 0 Å². The molecule has 0 amide bonds. The van der Waals surface area contributed by atoms with Crippen LogP contribution in [0, 0.1) is 105 Å². The van der Waals surface area contributed by atoms with Crippen molar-refractivity contribution in [2.75, 3.05) is 13.3 Å². The SMILES string of the molecule is O=C[C@@]12C[C@]34[C@H](CCO[C@@H]3[C@H]3C[C@@H]5C=CC[C@H](C6CCCC6)[C@H]5C[C@H]([C@@H](O)[C@]5(O)[C@@H]1CC[C@@]16CCC#Cc7ccccc7C[C@H](NCO)[C@H]7C[C@@H](C[C@@]15O)[C@@H]6C1=CC(=O)O[C@@H]17)[C@]32O)C[C@@H]1C[C@@H](c2ccccc2)CC[C@@H]14. The van der Waals surface area contributed by atoms with Crippen LogP contribution in [-0.2, 0) is 25.5 Å². The predicted octanol–water partition coefficient (Wildman–Crippen LogP) is 8.36. The monoisotopic (exact) mass is 1030 g/mol. The molecule has 0 radical (unpaired) electrons. The van der Waals surface area contributed by atoms with E-state index in [9.17, 15) is 25.2 Å². The molecule has 76 heavy (non-hydrogen) atoms. The Bertz CT molecular complexity index is 2780. The van der Waals surface area contributed by atoms with Crippen LogP contribution >= 0.6 is 0 Å². The molecule has 11 aliphatic carbocycles. The van der Waals surface area contributed by atoms with E-state index in [0.717, 1.165) is 61.5 Å². The van der Waals surface area contributed by atoms with Gasteiger partial charge in [0.15, 0.2) is 0 Å². The van der Waals surface area contributed by atoms with Gasteiger partial charge in [-0.15, -0.1) is 0 Å². The molecule has 9 saturated carbocycles. The van der Waals surface area contributed by atoms with E-state index < -0.39 is 69.0 Å². The lowest BCUT2D eigenvalue weighted by molar-refractivity contribution is -0.392. The summed E-state index contributed by atoms with van der Waals surface area (Å²) >= 11 is 0. The Kier molecular flexibility index (Phi) is 11.5. The zero-order chi connectivity index (χ0) is 51.6. The number of carbonyl (C=O) groups excluding carboxylic acids is 2. The Morgan fingerprint density at radius 3 is 2.46 bits per heavy atom. The summed E-state index contributed by atoms with van der Waals surface area (Å²) in [5.74, 6) is 6.08. The van der Waals surface area contributed by atoms with Gasteiger partial charge in [-0.1, -0.05) is 98.2 Å². The summed E-state index contributed by atoms with van der Waals surface area (Å²) in [5, 5.41) is 73.1. The number of hydrogen-bond acceptors (Lipinski definition) is 10. The van der Waals surface area contributed by atoms with Gasteiger partial charge in [0.25, 0.3) is 0 Å². The highest BCUT2D eigenvalue weighted by Crippen LogP contribution is 2.81. The summed E-state index contributed by atoms with van der Waals surface area (Å²) in [5.41, 5.74) is -4.64. The van der Waals surface area contributed by atoms with Gasteiger partial charge < -0.3 is 39.8 Å². The number of aldehydes is 1. The first-order chi connectivity index (χ1) is 36.9. The molecule has 0 aromatic heterocycles. The van der Waals surface area contributed by atoms with Crippen LogP contribution in [-0.4, -0.2) is 92.3 Å². The van der Waals surface area contributed by atoms with E-state index in [1.165, 1.54) is 31.2 Å². The van der Waals surface area contributed by atoms with Crippen LogP contribution in [0.4, 0.5) is 0 Å². The third kappa shape index (κ3) is 6.32. The Morgan fingerprint density at radius 1 is 0.803 bits per heavy atom. The molecular weight excluding hydrogens is 951 g/mol. The minimum atomic E-state index is -2.20. The second-order valence-corrected chi connectivity index (χ2v) is 27.8. The summed E-state index contributed by atoms with van der Waals surface area (Å²) in [7, 11) is 0. The highest BCUT2D eigenvalue weighted by Gasteiger charge is 2.88. The van der Waals surface area contributed by atoms with Gasteiger partial charge in [-0.3, -0.25) is 5.32 Å². The van der Waals surface area contributed by atoms with Crippen LogP contribution in [0.1, 0.15) is 145 Å². The maximum Gasteiger partial charge on any atom is 0.331 e. The van der Waals surface area contributed by atoms with Gasteiger partial charge in [-0.25, -0.2) is 4.79 Å². The Hall–Kier alpha value is -3.66. The van der Waals surface area contributed by atoms with E-state index in [1.807, 2.05) is 18.2 Å². The lowest BCUT2D eigenvalue weighted by atomic mass is 9.31. The lowest BCUT2D eigenvalue weighted by Gasteiger charge is -2.76. The molecule has 6 N–H and O–H groups in total. The number of nitrogens with one attached hydrogen (secondary N) is 1. The number of rotatable bonds is 5. The fourth-order valence-corrected chi connectivity index (χ4v) is 23.7. The van der Waals surface area contributed by atoms with E-state index in [1.54, 1.807) is 6.08 Å². The van der Waals surface area contributed by atoms with Crippen molar-refractivity contribution in [2.24, 2.45) is 93.2 Å². The van der Waals surface area contributed by atoms with E-state index in [-0.39, 0.29) is 66.7 Å². The maximum atomic E-state index is 15.7. The van der Waals surface area contributed by atoms with Gasteiger partial charge in [-0.2, -0.15) is 0 Å². The fourth-order valence-electron chi connectivity index (χ4n) is 23.7. The molecule has 2 spiro atoms. The molecule has 4 bridgehead atoms. The van der Waals surface area contributed by atoms with Gasteiger partial charge in [0.1, 0.15) is 23.6 Å². The number of esters is 1. The predicted molar refractivity (Wildman–Crippen MR) is 284 cm³/mol. The standard InChI is InChI=1S/C66H81NO9/c68-36-62-35-63-46(28-44-27-42(20-21-51(44)63)39-11-2-1-3-12-39)23-26-75-60(63)53-30-43-18-10-19-47(40-15-5-6-16-40)48(43)32-52(65(53,62)73)59(71)66(74)55(62)22-25-61-24-9-8-14-38-13-4-7-17-41(38)31-54(67-37-69)49-29-45(34-64(61,66)72)57(61)50-33-56(70)76-58(49)50/h1-4,7,10-13,17-18,33,36,40,42-49,51-55,57-60,67,69,71-74H,5-6,9,15-16,19-32,34-35,37H2/t42-,43-,44-,45-,46+,47+,48-,49+,51-,52+,53+,54-,55+,57+,58+,59+,60+,61+,62-,63+,64+,65-,66+/m0/s1. The highest BCUT2D eigenvalue weighted by atomic mass is 16.5. The van der Waals surface area contributed by atoms with Gasteiger partial charge in [-0.05, 0) is 178 Å². The molecule has 2 aromatic carbocycles. The molecule has 13 aliphatic rings. The summed E-state index contributed by atoms with van der Waals surface area (Å²) in [6, 6.07) is 18.8. The number of hydrogen-bond donors (Lipinski definition) is 6. The summed E-state index contributed by atoms with van der Waals surface area (Å²) in [4.78, 5) is 29.5. The number of carbonyl (C=O) groups is 2. The third-order valence-corrected chi connectivity index (χ3v) is 26.0.